The summed E-state index contributed by atoms with van der Waals surface area (Å²) in [6.07, 6.45) is 0. The van der Waals surface area contributed by atoms with Crippen molar-refractivity contribution in [1.29, 1.82) is 0 Å². The molecule has 0 spiro atoms. The average molecular weight is 724 g/mol. The molecule has 262 valence electrons. The molecule has 0 amide bonds. The Kier molecular flexibility index (Phi) is 9.39. The maximum Gasteiger partial charge on any atom is 0.157 e. The Labute approximate surface area is 325 Å². The normalized spacial score (nSPS) is 12.0. The highest BCUT2D eigenvalue weighted by atomic mass is 32.1. The summed E-state index contributed by atoms with van der Waals surface area (Å²) in [5.41, 5.74) is 19.1. The van der Waals surface area contributed by atoms with E-state index in [9.17, 15) is 0 Å². The van der Waals surface area contributed by atoms with Gasteiger partial charge in [0.2, 0.25) is 0 Å². The second-order valence-electron chi connectivity index (χ2n) is 13.6. The Morgan fingerprint density at radius 1 is 0.418 bits per heavy atom. The minimum Gasteiger partial charge on any atom is -0.383 e. The first-order valence-corrected chi connectivity index (χ1v) is 19.3. The highest BCUT2D eigenvalue weighted by Gasteiger charge is 2.13. The fourth-order valence-electron chi connectivity index (χ4n) is 7.18. The molecule has 0 unspecified atom stereocenters. The first-order valence-electron chi connectivity index (χ1n) is 18.5. The third kappa shape index (κ3) is 7.24. The van der Waals surface area contributed by atoms with Crippen LogP contribution in [0.2, 0.25) is 0 Å². The van der Waals surface area contributed by atoms with Gasteiger partial charge in [-0.05, 0) is 80.4 Å². The number of nitrogens with two attached hydrogens (primary N) is 1. The van der Waals surface area contributed by atoms with Crippen molar-refractivity contribution in [2.24, 2.45) is 15.7 Å². The van der Waals surface area contributed by atoms with E-state index in [1.807, 2.05) is 72.0 Å². The van der Waals surface area contributed by atoms with Crippen LogP contribution in [0, 0.1) is 0 Å². The number of fused-ring (bicyclic) bond motifs is 3. The molecule has 0 atom stereocenters. The molecular formula is C51H37N3S. The number of hydrogen-bond acceptors (Lipinski definition) is 2. The molecular weight excluding hydrogens is 687 g/mol. The summed E-state index contributed by atoms with van der Waals surface area (Å²) in [6.45, 7) is 0.465. The molecule has 3 nitrogen and oxygen atoms in total. The van der Waals surface area contributed by atoms with E-state index >= 15 is 0 Å². The summed E-state index contributed by atoms with van der Waals surface area (Å²) >= 11 is 1.82. The smallest absolute Gasteiger partial charge is 0.157 e. The summed E-state index contributed by atoms with van der Waals surface area (Å²) in [4.78, 5) is 10.1. The molecule has 9 rings (SSSR count). The van der Waals surface area contributed by atoms with Gasteiger partial charge in [-0.15, -0.1) is 11.3 Å². The molecule has 0 aliphatic carbocycles. The summed E-state index contributed by atoms with van der Waals surface area (Å²) in [5.74, 6) is 1.03. The lowest BCUT2D eigenvalue weighted by molar-refractivity contribution is 1.08. The third-order valence-corrected chi connectivity index (χ3v) is 11.2. The van der Waals surface area contributed by atoms with Crippen LogP contribution in [-0.4, -0.2) is 11.7 Å². The molecule has 0 bridgehead atoms. The third-order valence-electron chi connectivity index (χ3n) is 10.0. The van der Waals surface area contributed by atoms with Crippen LogP contribution in [0.25, 0.3) is 64.7 Å². The Morgan fingerprint density at radius 2 is 0.909 bits per heavy atom. The molecule has 0 fully saturated rings. The molecule has 8 aromatic carbocycles. The van der Waals surface area contributed by atoms with Gasteiger partial charge >= 0.3 is 0 Å². The van der Waals surface area contributed by atoms with Crippen LogP contribution in [0.5, 0.6) is 0 Å². The van der Waals surface area contributed by atoms with Crippen molar-refractivity contribution in [2.45, 2.75) is 6.54 Å². The van der Waals surface area contributed by atoms with Crippen molar-refractivity contribution in [3.8, 4) is 44.5 Å². The average Bonchev–Trinajstić information content (AvgIpc) is 3.65. The van der Waals surface area contributed by atoms with Gasteiger partial charge in [-0.25, -0.2) is 4.99 Å². The van der Waals surface area contributed by atoms with E-state index in [1.54, 1.807) is 0 Å². The topological polar surface area (TPSA) is 50.7 Å². The van der Waals surface area contributed by atoms with Gasteiger partial charge in [0, 0.05) is 31.3 Å². The number of aliphatic imine (C=N–C) groups is 2. The van der Waals surface area contributed by atoms with Gasteiger partial charge in [0.05, 0.1) is 6.54 Å². The number of nitrogens with zero attached hydrogens (tertiary/aromatic N) is 2. The Bertz CT molecular complexity index is 2820. The quantitative estimate of drug-likeness (QED) is 0.123. The van der Waals surface area contributed by atoms with Crippen LogP contribution in [-0.2, 0) is 6.54 Å². The van der Waals surface area contributed by atoms with Gasteiger partial charge < -0.3 is 5.73 Å². The van der Waals surface area contributed by atoms with E-state index < -0.39 is 0 Å². The molecule has 0 saturated carbocycles. The minimum atomic E-state index is 0.429. The van der Waals surface area contributed by atoms with Crippen molar-refractivity contribution >= 4 is 43.2 Å². The van der Waals surface area contributed by atoms with Gasteiger partial charge in [0.25, 0.3) is 0 Å². The van der Waals surface area contributed by atoms with Gasteiger partial charge in [-0.2, -0.15) is 0 Å². The molecule has 1 heterocycles. The fourth-order valence-corrected chi connectivity index (χ4v) is 8.31. The second kappa shape index (κ2) is 15.2. The molecule has 9 aromatic rings. The standard InChI is InChI=1S/C51H37N3S/c52-50(44-22-11-20-41(32-44)36-15-6-2-7-16-36)54-51(39-17-8-3-9-18-39)53-34-45-23-12-24-48-49(45)46-33-43(29-30-47(46)55-48)42-21-10-19-40(31-42)38-27-25-37(26-28-38)35-13-4-1-5-14-35/h1-33H,34H2,(H2,52,53,54). The van der Waals surface area contributed by atoms with Crippen LogP contribution < -0.4 is 5.73 Å². The molecule has 2 N–H and O–H groups in total. The maximum absolute atomic E-state index is 6.72. The first kappa shape index (κ1) is 33.9. The van der Waals surface area contributed by atoms with Gasteiger partial charge in [-0.3, -0.25) is 4.99 Å². The molecule has 1 aromatic heterocycles. The van der Waals surface area contributed by atoms with Crippen molar-refractivity contribution in [2.75, 3.05) is 0 Å². The second-order valence-corrected chi connectivity index (χ2v) is 14.7. The summed E-state index contributed by atoms with van der Waals surface area (Å²) < 4.78 is 2.50. The largest absolute Gasteiger partial charge is 0.383 e. The Morgan fingerprint density at radius 3 is 1.62 bits per heavy atom. The van der Waals surface area contributed by atoms with Crippen molar-refractivity contribution in [3.63, 3.8) is 0 Å². The van der Waals surface area contributed by atoms with Crippen LogP contribution in [0.1, 0.15) is 16.7 Å². The number of benzene rings is 8. The van der Waals surface area contributed by atoms with E-state index in [0.717, 1.165) is 27.8 Å². The zero-order valence-corrected chi connectivity index (χ0v) is 31.0. The summed E-state index contributed by atoms with van der Waals surface area (Å²) in [5, 5.41) is 2.48. The maximum atomic E-state index is 6.72. The lowest BCUT2D eigenvalue weighted by atomic mass is 9.96. The predicted molar refractivity (Wildman–Crippen MR) is 235 cm³/mol. The van der Waals surface area contributed by atoms with E-state index in [2.05, 4.69) is 140 Å². The number of rotatable bonds is 8. The van der Waals surface area contributed by atoms with Crippen molar-refractivity contribution in [1.82, 2.24) is 0 Å². The van der Waals surface area contributed by atoms with Crippen molar-refractivity contribution in [3.05, 3.63) is 217 Å². The molecule has 0 aliphatic heterocycles. The molecule has 4 heteroatoms. The highest BCUT2D eigenvalue weighted by molar-refractivity contribution is 7.25. The zero-order chi connectivity index (χ0) is 37.0. The van der Waals surface area contributed by atoms with E-state index in [1.165, 1.54) is 53.6 Å². The number of thiophene rings is 1. The SMILES string of the molecule is NC(=NC(=NCc1cccc2sc3ccc(-c4cccc(-c5ccc(-c6ccccc6)cc5)c4)cc3c12)c1ccccc1)c1cccc(-c2ccccc2)c1. The first-order chi connectivity index (χ1) is 27.2. The zero-order valence-electron chi connectivity index (χ0n) is 30.1. The number of amidine groups is 2. The predicted octanol–water partition coefficient (Wildman–Crippen LogP) is 13.1. The molecule has 0 radical (unpaired) electrons. The van der Waals surface area contributed by atoms with Crippen LogP contribution >= 0.6 is 11.3 Å². The van der Waals surface area contributed by atoms with E-state index in [-0.39, 0.29) is 0 Å². The fraction of sp³-hybridized carbons (Fsp3) is 0.0196. The lowest BCUT2D eigenvalue weighted by Crippen LogP contribution is -2.16. The minimum absolute atomic E-state index is 0.429. The molecule has 0 aliphatic rings. The van der Waals surface area contributed by atoms with Gasteiger partial charge in [0.15, 0.2) is 5.84 Å². The lowest BCUT2D eigenvalue weighted by Gasteiger charge is -2.09. The van der Waals surface area contributed by atoms with E-state index in [4.69, 9.17) is 15.7 Å². The van der Waals surface area contributed by atoms with Gasteiger partial charge in [-0.1, -0.05) is 170 Å². The van der Waals surface area contributed by atoms with Crippen LogP contribution in [0.15, 0.2) is 210 Å². The highest BCUT2D eigenvalue weighted by Crippen LogP contribution is 2.39. The van der Waals surface area contributed by atoms with Gasteiger partial charge in [0.1, 0.15) is 5.84 Å². The molecule has 0 saturated heterocycles. The number of hydrogen-bond donors (Lipinski definition) is 1. The summed E-state index contributed by atoms with van der Waals surface area (Å²) in [6, 6.07) is 70.2. The Balaban J connectivity index is 1.05. The van der Waals surface area contributed by atoms with Crippen LogP contribution in [0.4, 0.5) is 0 Å². The monoisotopic (exact) mass is 723 g/mol. The summed E-state index contributed by atoms with van der Waals surface area (Å²) in [7, 11) is 0. The van der Waals surface area contributed by atoms with E-state index in [0.29, 0.717) is 18.2 Å². The Hall–Kier alpha value is -6.88. The van der Waals surface area contributed by atoms with Crippen molar-refractivity contribution < 1.29 is 0 Å². The molecule has 55 heavy (non-hydrogen) atoms. The van der Waals surface area contributed by atoms with Crippen LogP contribution in [0.3, 0.4) is 0 Å².